The zero-order chi connectivity index (χ0) is 24.6. The van der Waals surface area contributed by atoms with Crippen LogP contribution in [-0.4, -0.2) is 46.5 Å². The number of benzene rings is 3. The third-order valence-electron chi connectivity index (χ3n) is 5.14. The normalized spacial score (nSPS) is 11.2. The third-order valence-corrected chi connectivity index (χ3v) is 6.96. The minimum atomic E-state index is -3.66. The van der Waals surface area contributed by atoms with E-state index in [1.54, 1.807) is 32.4 Å². The zero-order valence-corrected chi connectivity index (χ0v) is 20.2. The highest BCUT2D eigenvalue weighted by molar-refractivity contribution is 7.89. The summed E-state index contributed by atoms with van der Waals surface area (Å²) < 4.78 is 43.1. The number of nitrogens with zero attached hydrogens (tertiary/aromatic N) is 1. The molecule has 0 bridgehead atoms. The van der Waals surface area contributed by atoms with Gasteiger partial charge in [-0.3, -0.25) is 4.79 Å². The van der Waals surface area contributed by atoms with Crippen LogP contribution in [-0.2, 0) is 27.9 Å². The molecule has 1 N–H and O–H groups in total. The molecule has 1 amide bonds. The van der Waals surface area contributed by atoms with Crippen LogP contribution in [0.1, 0.15) is 11.1 Å². The molecule has 8 nitrogen and oxygen atoms in total. The molecule has 9 heteroatoms. The fourth-order valence-electron chi connectivity index (χ4n) is 3.30. The Labute approximate surface area is 200 Å². The van der Waals surface area contributed by atoms with Gasteiger partial charge < -0.3 is 19.5 Å². The molecule has 0 unspecified atom stereocenters. The lowest BCUT2D eigenvalue weighted by atomic mass is 10.1. The van der Waals surface area contributed by atoms with Crippen molar-refractivity contribution in [2.24, 2.45) is 0 Å². The number of carbonyl (C=O) groups excluding carboxylic acids is 1. The largest absolute Gasteiger partial charge is 0.496 e. The summed E-state index contributed by atoms with van der Waals surface area (Å²) in [6.45, 7) is 0.246. The Balaban J connectivity index is 1.55. The van der Waals surface area contributed by atoms with Crippen LogP contribution in [0.25, 0.3) is 0 Å². The van der Waals surface area contributed by atoms with E-state index in [2.05, 4.69) is 5.32 Å². The van der Waals surface area contributed by atoms with Gasteiger partial charge in [-0.15, -0.1) is 0 Å². The number of methoxy groups -OCH3 is 2. The lowest BCUT2D eigenvalue weighted by Crippen LogP contribution is -2.28. The van der Waals surface area contributed by atoms with Crippen molar-refractivity contribution in [3.8, 4) is 17.2 Å². The van der Waals surface area contributed by atoms with Gasteiger partial charge in [0, 0.05) is 13.6 Å². The molecule has 0 saturated carbocycles. The number of carbonyl (C=O) groups is 1. The molecule has 0 aromatic heterocycles. The summed E-state index contributed by atoms with van der Waals surface area (Å²) in [5.74, 6) is 1.26. The Bertz CT molecular complexity index is 1180. The molecule has 3 rings (SSSR count). The highest BCUT2D eigenvalue weighted by Crippen LogP contribution is 2.28. The molecule has 0 aliphatic rings. The van der Waals surface area contributed by atoms with Crippen molar-refractivity contribution in [1.82, 2.24) is 9.62 Å². The number of hydrogen-bond donors (Lipinski definition) is 1. The SMILES string of the molecule is COc1cccc(OC)c1CNC(=O)COc1ccc(S(=O)(=O)N(C)Cc2ccccc2)cc1. The lowest BCUT2D eigenvalue weighted by molar-refractivity contribution is -0.123. The average molecular weight is 485 g/mol. The molecule has 34 heavy (non-hydrogen) atoms. The van der Waals surface area contributed by atoms with Crippen molar-refractivity contribution >= 4 is 15.9 Å². The predicted molar refractivity (Wildman–Crippen MR) is 128 cm³/mol. The molecule has 3 aromatic rings. The van der Waals surface area contributed by atoms with Crippen molar-refractivity contribution in [3.63, 3.8) is 0 Å². The predicted octanol–water partition coefficient (Wildman–Crippen LogP) is 3.22. The number of amides is 1. The van der Waals surface area contributed by atoms with Crippen LogP contribution in [0.4, 0.5) is 0 Å². The van der Waals surface area contributed by atoms with Crippen molar-refractivity contribution in [1.29, 1.82) is 0 Å². The summed E-state index contributed by atoms with van der Waals surface area (Å²) in [6.07, 6.45) is 0. The summed E-state index contributed by atoms with van der Waals surface area (Å²) >= 11 is 0. The van der Waals surface area contributed by atoms with Crippen LogP contribution in [0.3, 0.4) is 0 Å². The number of ether oxygens (including phenoxy) is 3. The monoisotopic (exact) mass is 484 g/mol. The van der Waals surface area contributed by atoms with Gasteiger partial charge in [0.05, 0.1) is 31.2 Å². The summed E-state index contributed by atoms with van der Waals surface area (Å²) in [5.41, 5.74) is 1.61. The van der Waals surface area contributed by atoms with Crippen molar-refractivity contribution in [2.45, 2.75) is 18.0 Å². The Morgan fingerprint density at radius 3 is 2.09 bits per heavy atom. The average Bonchev–Trinajstić information content (AvgIpc) is 2.86. The van der Waals surface area contributed by atoms with Gasteiger partial charge in [0.15, 0.2) is 6.61 Å². The second-order valence-electron chi connectivity index (χ2n) is 7.42. The molecular weight excluding hydrogens is 456 g/mol. The highest BCUT2D eigenvalue weighted by Gasteiger charge is 2.21. The van der Waals surface area contributed by atoms with Crippen molar-refractivity contribution in [2.75, 3.05) is 27.9 Å². The van der Waals surface area contributed by atoms with Crippen LogP contribution in [0.5, 0.6) is 17.2 Å². The first-order valence-electron chi connectivity index (χ1n) is 10.5. The first kappa shape index (κ1) is 25.1. The van der Waals surface area contributed by atoms with Gasteiger partial charge in [-0.25, -0.2) is 8.42 Å². The Kier molecular flexibility index (Phi) is 8.50. The fourth-order valence-corrected chi connectivity index (χ4v) is 4.46. The molecule has 0 fully saturated rings. The van der Waals surface area contributed by atoms with Crippen LogP contribution in [0.2, 0.25) is 0 Å². The fraction of sp³-hybridized carbons (Fsp3) is 0.240. The van der Waals surface area contributed by atoms with Crippen LogP contribution in [0.15, 0.2) is 77.7 Å². The maximum atomic E-state index is 12.8. The smallest absolute Gasteiger partial charge is 0.258 e. The number of hydrogen-bond acceptors (Lipinski definition) is 6. The number of sulfonamides is 1. The third kappa shape index (κ3) is 6.27. The summed E-state index contributed by atoms with van der Waals surface area (Å²) in [6, 6.07) is 20.7. The van der Waals surface area contributed by atoms with E-state index in [1.807, 2.05) is 30.3 Å². The first-order valence-corrected chi connectivity index (χ1v) is 12.0. The van der Waals surface area contributed by atoms with Gasteiger partial charge in [0.2, 0.25) is 10.0 Å². The molecule has 0 aliphatic carbocycles. The topological polar surface area (TPSA) is 94.2 Å². The Morgan fingerprint density at radius 1 is 0.882 bits per heavy atom. The van der Waals surface area contributed by atoms with E-state index < -0.39 is 10.0 Å². The van der Waals surface area contributed by atoms with Crippen LogP contribution < -0.4 is 19.5 Å². The van der Waals surface area contributed by atoms with E-state index in [9.17, 15) is 13.2 Å². The van der Waals surface area contributed by atoms with E-state index in [0.717, 1.165) is 11.1 Å². The Hall–Kier alpha value is -3.56. The minimum absolute atomic E-state index is 0.144. The summed E-state index contributed by atoms with van der Waals surface area (Å²) in [7, 11) is 0.969. The maximum absolute atomic E-state index is 12.8. The second-order valence-corrected chi connectivity index (χ2v) is 9.47. The van der Waals surface area contributed by atoms with E-state index in [1.165, 1.54) is 35.6 Å². The molecule has 0 radical (unpaired) electrons. The van der Waals surface area contributed by atoms with Gasteiger partial charge >= 0.3 is 0 Å². The summed E-state index contributed by atoms with van der Waals surface area (Å²) in [4.78, 5) is 12.4. The van der Waals surface area contributed by atoms with Crippen LogP contribution >= 0.6 is 0 Å². The molecule has 0 atom stereocenters. The van der Waals surface area contributed by atoms with E-state index in [4.69, 9.17) is 14.2 Å². The van der Waals surface area contributed by atoms with Crippen LogP contribution in [0, 0.1) is 0 Å². The molecular formula is C25H28N2O6S. The van der Waals surface area contributed by atoms with Crippen molar-refractivity contribution < 1.29 is 27.4 Å². The Morgan fingerprint density at radius 2 is 1.50 bits per heavy atom. The quantitative estimate of drug-likeness (QED) is 0.449. The minimum Gasteiger partial charge on any atom is -0.496 e. The lowest BCUT2D eigenvalue weighted by Gasteiger charge is -2.17. The van der Waals surface area contributed by atoms with Gasteiger partial charge in [-0.1, -0.05) is 36.4 Å². The second kappa shape index (κ2) is 11.5. The standard InChI is InChI=1S/C25H28N2O6S/c1-27(17-19-8-5-4-6-9-19)34(29,30)21-14-12-20(13-15-21)33-18-25(28)26-16-22-23(31-2)10-7-11-24(22)32-3/h4-15H,16-18H2,1-3H3,(H,26,28). The number of rotatable bonds is 11. The molecule has 0 aliphatic heterocycles. The van der Waals surface area contributed by atoms with Gasteiger partial charge in [-0.2, -0.15) is 4.31 Å². The molecule has 180 valence electrons. The molecule has 0 saturated heterocycles. The molecule has 0 spiro atoms. The maximum Gasteiger partial charge on any atom is 0.258 e. The van der Waals surface area contributed by atoms with Gasteiger partial charge in [-0.05, 0) is 42.0 Å². The van der Waals surface area contributed by atoms with Gasteiger partial charge in [0.25, 0.3) is 5.91 Å². The van der Waals surface area contributed by atoms with Crippen molar-refractivity contribution in [3.05, 3.63) is 83.9 Å². The molecule has 3 aromatic carbocycles. The highest BCUT2D eigenvalue weighted by atomic mass is 32.2. The van der Waals surface area contributed by atoms with E-state index in [0.29, 0.717) is 17.2 Å². The van der Waals surface area contributed by atoms with E-state index >= 15 is 0 Å². The summed E-state index contributed by atoms with van der Waals surface area (Å²) in [5, 5.41) is 2.77. The van der Waals surface area contributed by atoms with E-state index in [-0.39, 0.29) is 30.5 Å². The zero-order valence-electron chi connectivity index (χ0n) is 19.4. The molecule has 0 heterocycles. The number of nitrogens with one attached hydrogen (secondary N) is 1. The first-order chi connectivity index (χ1) is 16.3. The van der Waals surface area contributed by atoms with Gasteiger partial charge in [0.1, 0.15) is 17.2 Å².